The predicted octanol–water partition coefficient (Wildman–Crippen LogP) is 2.71. The first-order valence-electron chi connectivity index (χ1n) is 9.70. The van der Waals surface area contributed by atoms with Gasteiger partial charge in [-0.1, -0.05) is 6.07 Å². The second kappa shape index (κ2) is 9.93. The summed E-state index contributed by atoms with van der Waals surface area (Å²) in [4.78, 5) is 14.3. The van der Waals surface area contributed by atoms with Crippen LogP contribution in [0.2, 0.25) is 0 Å². The molecule has 1 aliphatic heterocycles. The number of anilines is 2. The van der Waals surface area contributed by atoms with Crippen LogP contribution in [0.3, 0.4) is 0 Å². The van der Waals surface area contributed by atoms with Crippen molar-refractivity contribution in [2.45, 2.75) is 13.8 Å². The van der Waals surface area contributed by atoms with Gasteiger partial charge in [0.2, 0.25) is 0 Å². The zero-order valence-corrected chi connectivity index (χ0v) is 17.2. The number of nitrogens with zero attached hydrogens (tertiary/aromatic N) is 2. The molecule has 3 rings (SSSR count). The number of hydrogen-bond acceptors (Lipinski definition) is 6. The Morgan fingerprint density at radius 3 is 2.69 bits per heavy atom. The van der Waals surface area contributed by atoms with Gasteiger partial charge in [-0.25, -0.2) is 5.43 Å². The normalized spacial score (nSPS) is 14.1. The third-order valence-corrected chi connectivity index (χ3v) is 4.95. The number of rotatable bonds is 7. The molecule has 1 saturated heterocycles. The molecule has 1 fully saturated rings. The largest absolute Gasteiger partial charge is 0.496 e. The summed E-state index contributed by atoms with van der Waals surface area (Å²) in [5, 5.41) is 7.16. The summed E-state index contributed by atoms with van der Waals surface area (Å²) in [5.74, 6) is 0.489. The Hall–Kier alpha value is -3.06. The molecule has 0 aromatic heterocycles. The molecule has 1 heterocycles. The highest BCUT2D eigenvalue weighted by Gasteiger charge is 2.13. The zero-order chi connectivity index (χ0) is 20.6. The van der Waals surface area contributed by atoms with Crippen LogP contribution in [0.25, 0.3) is 0 Å². The minimum absolute atomic E-state index is 0.146. The molecule has 0 aliphatic carbocycles. The molecule has 0 bridgehead atoms. The third kappa shape index (κ3) is 5.71. The van der Waals surface area contributed by atoms with Crippen LogP contribution in [-0.2, 0) is 9.53 Å². The van der Waals surface area contributed by atoms with E-state index < -0.39 is 0 Å². The van der Waals surface area contributed by atoms with Crippen molar-refractivity contribution in [3.8, 4) is 5.75 Å². The van der Waals surface area contributed by atoms with E-state index in [1.165, 1.54) is 11.1 Å². The minimum Gasteiger partial charge on any atom is -0.496 e. The highest BCUT2D eigenvalue weighted by molar-refractivity contribution is 5.87. The lowest BCUT2D eigenvalue weighted by Gasteiger charge is -2.29. The van der Waals surface area contributed by atoms with Crippen LogP contribution >= 0.6 is 0 Å². The second-order valence-corrected chi connectivity index (χ2v) is 6.97. The molecule has 0 radical (unpaired) electrons. The third-order valence-electron chi connectivity index (χ3n) is 4.95. The molecule has 1 amide bonds. The highest BCUT2D eigenvalue weighted by Crippen LogP contribution is 2.25. The fourth-order valence-electron chi connectivity index (χ4n) is 3.07. The van der Waals surface area contributed by atoms with Crippen molar-refractivity contribution in [3.05, 3.63) is 53.1 Å². The highest BCUT2D eigenvalue weighted by atomic mass is 16.5. The molecule has 154 valence electrons. The minimum atomic E-state index is -0.219. The fourth-order valence-corrected chi connectivity index (χ4v) is 3.07. The summed E-state index contributed by atoms with van der Waals surface area (Å²) in [5.41, 5.74) is 7.74. The van der Waals surface area contributed by atoms with Gasteiger partial charge in [-0.2, -0.15) is 5.10 Å². The monoisotopic (exact) mass is 396 g/mol. The van der Waals surface area contributed by atoms with Crippen LogP contribution in [-0.4, -0.2) is 52.1 Å². The van der Waals surface area contributed by atoms with Crippen molar-refractivity contribution >= 4 is 23.5 Å². The fraction of sp³-hybridized carbons (Fsp3) is 0.364. The van der Waals surface area contributed by atoms with Crippen molar-refractivity contribution in [2.24, 2.45) is 5.10 Å². The SMILES string of the molecule is COc1cc(N2CCOCC2)ccc1/C=N\NC(=O)CNc1ccc(C)c(C)c1. The molecule has 7 heteroatoms. The second-order valence-electron chi connectivity index (χ2n) is 6.97. The quantitative estimate of drug-likeness (QED) is 0.556. The van der Waals surface area contributed by atoms with Gasteiger partial charge in [0, 0.05) is 36.1 Å². The van der Waals surface area contributed by atoms with Gasteiger partial charge in [0.15, 0.2) is 0 Å². The van der Waals surface area contributed by atoms with Crippen molar-refractivity contribution in [2.75, 3.05) is 50.2 Å². The van der Waals surface area contributed by atoms with Crippen LogP contribution in [0.15, 0.2) is 41.5 Å². The maximum Gasteiger partial charge on any atom is 0.259 e. The molecule has 0 unspecified atom stereocenters. The Morgan fingerprint density at radius 2 is 1.97 bits per heavy atom. The van der Waals surface area contributed by atoms with E-state index in [4.69, 9.17) is 9.47 Å². The average Bonchev–Trinajstić information content (AvgIpc) is 2.75. The first-order valence-corrected chi connectivity index (χ1v) is 9.70. The van der Waals surface area contributed by atoms with E-state index in [0.29, 0.717) is 5.75 Å². The number of ether oxygens (including phenoxy) is 2. The van der Waals surface area contributed by atoms with Gasteiger partial charge in [-0.15, -0.1) is 0 Å². The average molecular weight is 396 g/mol. The Kier molecular flexibility index (Phi) is 7.08. The van der Waals surface area contributed by atoms with Gasteiger partial charge >= 0.3 is 0 Å². The van der Waals surface area contributed by atoms with Gasteiger partial charge < -0.3 is 19.7 Å². The Labute approximate surface area is 171 Å². The van der Waals surface area contributed by atoms with Crippen molar-refractivity contribution in [1.82, 2.24) is 5.43 Å². The summed E-state index contributed by atoms with van der Waals surface area (Å²) in [6.45, 7) is 7.43. The first kappa shape index (κ1) is 20.7. The lowest BCUT2D eigenvalue weighted by molar-refractivity contribution is -0.119. The summed E-state index contributed by atoms with van der Waals surface area (Å²) in [7, 11) is 1.63. The maximum atomic E-state index is 12.0. The summed E-state index contributed by atoms with van der Waals surface area (Å²) < 4.78 is 10.9. The van der Waals surface area contributed by atoms with Crippen LogP contribution in [0.1, 0.15) is 16.7 Å². The number of nitrogens with one attached hydrogen (secondary N) is 2. The number of hydrogen-bond donors (Lipinski definition) is 2. The smallest absolute Gasteiger partial charge is 0.259 e. The van der Waals surface area contributed by atoms with Crippen molar-refractivity contribution < 1.29 is 14.3 Å². The predicted molar refractivity (Wildman–Crippen MR) is 116 cm³/mol. The molecule has 0 spiro atoms. The number of amides is 1. The molecule has 2 aromatic carbocycles. The molecule has 7 nitrogen and oxygen atoms in total. The van der Waals surface area contributed by atoms with E-state index in [1.54, 1.807) is 13.3 Å². The van der Waals surface area contributed by atoms with Crippen LogP contribution in [0, 0.1) is 13.8 Å². The van der Waals surface area contributed by atoms with Crippen molar-refractivity contribution in [3.63, 3.8) is 0 Å². The van der Waals surface area contributed by atoms with E-state index in [2.05, 4.69) is 27.7 Å². The summed E-state index contributed by atoms with van der Waals surface area (Å²) in [6, 6.07) is 12.0. The van der Waals surface area contributed by atoms with Gasteiger partial charge in [0.1, 0.15) is 5.75 Å². The number of carbonyl (C=O) groups is 1. The van der Waals surface area contributed by atoms with E-state index in [1.807, 2.05) is 43.3 Å². The van der Waals surface area contributed by atoms with Crippen molar-refractivity contribution in [1.29, 1.82) is 0 Å². The molecular formula is C22H28N4O3. The number of hydrazone groups is 1. The Morgan fingerprint density at radius 1 is 1.17 bits per heavy atom. The number of methoxy groups -OCH3 is 1. The lowest BCUT2D eigenvalue weighted by atomic mass is 10.1. The molecule has 29 heavy (non-hydrogen) atoms. The standard InChI is InChI=1S/C22H28N4O3/c1-16-4-6-19(12-17(16)2)23-15-22(27)25-24-14-18-5-7-20(13-21(18)28-3)26-8-10-29-11-9-26/h4-7,12-14,23H,8-11,15H2,1-3H3,(H,25,27)/b24-14-. The molecule has 0 atom stereocenters. The molecule has 0 saturated carbocycles. The number of benzene rings is 2. The maximum absolute atomic E-state index is 12.0. The van der Waals surface area contributed by atoms with E-state index in [9.17, 15) is 4.79 Å². The van der Waals surface area contributed by atoms with Gasteiger partial charge in [-0.3, -0.25) is 4.79 Å². The van der Waals surface area contributed by atoms with E-state index in [0.717, 1.165) is 43.2 Å². The first-order chi connectivity index (χ1) is 14.1. The van der Waals surface area contributed by atoms with Crippen LogP contribution < -0.4 is 20.4 Å². The summed E-state index contributed by atoms with van der Waals surface area (Å²) >= 11 is 0. The molecule has 2 aromatic rings. The van der Waals surface area contributed by atoms with E-state index >= 15 is 0 Å². The number of carbonyl (C=O) groups excluding carboxylic acids is 1. The lowest BCUT2D eigenvalue weighted by Crippen LogP contribution is -2.36. The van der Waals surface area contributed by atoms with Gasteiger partial charge in [-0.05, 0) is 49.2 Å². The number of morpholine rings is 1. The molecule has 2 N–H and O–H groups in total. The Balaban J connectivity index is 1.54. The topological polar surface area (TPSA) is 75.2 Å². The van der Waals surface area contributed by atoms with Crippen LogP contribution in [0.4, 0.5) is 11.4 Å². The van der Waals surface area contributed by atoms with Gasteiger partial charge in [0.05, 0.1) is 33.1 Å². The number of aryl methyl sites for hydroxylation is 2. The molecule has 1 aliphatic rings. The molecular weight excluding hydrogens is 368 g/mol. The summed E-state index contributed by atoms with van der Waals surface area (Å²) in [6.07, 6.45) is 1.59. The van der Waals surface area contributed by atoms with Gasteiger partial charge in [0.25, 0.3) is 5.91 Å². The van der Waals surface area contributed by atoms with Crippen LogP contribution in [0.5, 0.6) is 5.75 Å². The zero-order valence-electron chi connectivity index (χ0n) is 17.2. The Bertz CT molecular complexity index is 876. The van der Waals surface area contributed by atoms with E-state index in [-0.39, 0.29) is 12.5 Å².